The second kappa shape index (κ2) is 8.71. The van der Waals surface area contributed by atoms with Gasteiger partial charge in [-0.2, -0.15) is 0 Å². The quantitative estimate of drug-likeness (QED) is 0.625. The number of phenols is 1. The lowest BCUT2D eigenvalue weighted by molar-refractivity contribution is 0.240. The molecule has 0 radical (unpaired) electrons. The van der Waals surface area contributed by atoms with E-state index in [4.69, 9.17) is 4.99 Å². The molecule has 0 fully saturated rings. The molecule has 3 heteroatoms. The van der Waals surface area contributed by atoms with Crippen LogP contribution in [-0.4, -0.2) is 28.6 Å². The molecule has 2 rings (SSSR count). The van der Waals surface area contributed by atoms with Crippen molar-refractivity contribution in [2.45, 2.75) is 72.3 Å². The highest BCUT2D eigenvalue weighted by Crippen LogP contribution is 2.38. The van der Waals surface area contributed by atoms with Crippen LogP contribution in [0.3, 0.4) is 0 Å². The van der Waals surface area contributed by atoms with Gasteiger partial charge in [-0.05, 0) is 28.4 Å². The molecule has 0 aliphatic rings. The Kier molecular flexibility index (Phi) is 6.95. The fourth-order valence-corrected chi connectivity index (χ4v) is 3.28. The molecule has 2 aromatic rings. The van der Waals surface area contributed by atoms with Crippen LogP contribution in [0.5, 0.6) is 5.75 Å². The number of aliphatic hydroxyl groups is 1. The third kappa shape index (κ3) is 5.48. The largest absolute Gasteiger partial charge is 0.507 e. The SMILES string of the molecule is CC(C)[C@@H](CO)/N=C(\c1ccccc1)c1cc(C(C)(C)C)cc(C(C)(C)C)c1O. The molecule has 158 valence electrons. The fourth-order valence-electron chi connectivity index (χ4n) is 3.28. The average Bonchev–Trinajstić information content (AvgIpc) is 2.62. The lowest BCUT2D eigenvalue weighted by Gasteiger charge is -2.28. The second-order valence-corrected chi connectivity index (χ2v) is 10.3. The number of rotatable bonds is 5. The molecule has 0 saturated heterocycles. The van der Waals surface area contributed by atoms with E-state index in [1.54, 1.807) is 0 Å². The van der Waals surface area contributed by atoms with Gasteiger partial charge in [-0.15, -0.1) is 0 Å². The van der Waals surface area contributed by atoms with Gasteiger partial charge in [0.25, 0.3) is 0 Å². The molecular formula is C26H37NO2. The first-order chi connectivity index (χ1) is 13.4. The first kappa shape index (κ1) is 23.2. The highest BCUT2D eigenvalue weighted by Gasteiger charge is 2.27. The summed E-state index contributed by atoms with van der Waals surface area (Å²) in [5, 5.41) is 21.2. The van der Waals surface area contributed by atoms with Gasteiger partial charge >= 0.3 is 0 Å². The van der Waals surface area contributed by atoms with Crippen LogP contribution < -0.4 is 0 Å². The Bertz CT molecular complexity index is 853. The molecule has 0 aliphatic heterocycles. The van der Waals surface area contributed by atoms with Crippen molar-refractivity contribution in [3.8, 4) is 5.75 Å². The molecule has 1 atom stereocenters. The summed E-state index contributed by atoms with van der Waals surface area (Å²) in [6, 6.07) is 13.9. The predicted molar refractivity (Wildman–Crippen MR) is 123 cm³/mol. The van der Waals surface area contributed by atoms with Gasteiger partial charge in [-0.3, -0.25) is 4.99 Å². The fraction of sp³-hybridized carbons (Fsp3) is 0.500. The van der Waals surface area contributed by atoms with Crippen molar-refractivity contribution in [2.24, 2.45) is 10.9 Å². The van der Waals surface area contributed by atoms with Crippen LogP contribution in [0.15, 0.2) is 47.5 Å². The second-order valence-electron chi connectivity index (χ2n) is 10.3. The van der Waals surface area contributed by atoms with Crippen molar-refractivity contribution in [2.75, 3.05) is 6.61 Å². The average molecular weight is 396 g/mol. The standard InChI is InChI=1S/C26H37NO2/c1-17(2)22(16-28)27-23(18-12-10-9-11-13-18)20-14-19(25(3,4)5)15-21(24(20)29)26(6,7)8/h9-15,17,22,28-29H,16H2,1-8H3/b27-23+/t22-/m1/s1. The van der Waals surface area contributed by atoms with Crippen LogP contribution in [0.1, 0.15) is 77.6 Å². The predicted octanol–water partition coefficient (Wildman–Crippen LogP) is 5.84. The van der Waals surface area contributed by atoms with Gasteiger partial charge in [0.05, 0.1) is 18.4 Å². The number of nitrogens with zero attached hydrogens (tertiary/aromatic N) is 1. The number of phenolic OH excluding ortho intramolecular Hbond substituents is 1. The van der Waals surface area contributed by atoms with E-state index < -0.39 is 0 Å². The molecule has 0 spiro atoms. The molecule has 29 heavy (non-hydrogen) atoms. The van der Waals surface area contributed by atoms with Gasteiger partial charge in [0.1, 0.15) is 5.75 Å². The maximum absolute atomic E-state index is 11.3. The molecule has 2 N–H and O–H groups in total. The van der Waals surface area contributed by atoms with Gasteiger partial charge in [-0.25, -0.2) is 0 Å². The van der Waals surface area contributed by atoms with E-state index in [9.17, 15) is 10.2 Å². The van der Waals surface area contributed by atoms with Crippen molar-refractivity contribution in [1.29, 1.82) is 0 Å². The molecule has 0 unspecified atom stereocenters. The van der Waals surface area contributed by atoms with Crippen molar-refractivity contribution in [3.63, 3.8) is 0 Å². The number of aliphatic imine (C=N–C) groups is 1. The summed E-state index contributed by atoms with van der Waals surface area (Å²) >= 11 is 0. The van der Waals surface area contributed by atoms with Gasteiger partial charge < -0.3 is 10.2 Å². The molecule has 0 saturated carbocycles. The molecule has 0 heterocycles. The molecule has 3 nitrogen and oxygen atoms in total. The van der Waals surface area contributed by atoms with Crippen LogP contribution in [0.4, 0.5) is 0 Å². The van der Waals surface area contributed by atoms with E-state index in [0.29, 0.717) is 0 Å². The summed E-state index contributed by atoms with van der Waals surface area (Å²) < 4.78 is 0. The minimum absolute atomic E-state index is 0.0279. The van der Waals surface area contributed by atoms with Crippen LogP contribution in [-0.2, 0) is 10.8 Å². The van der Waals surface area contributed by atoms with Crippen LogP contribution in [0, 0.1) is 5.92 Å². The molecular weight excluding hydrogens is 358 g/mol. The van der Waals surface area contributed by atoms with Crippen LogP contribution in [0.25, 0.3) is 0 Å². The van der Waals surface area contributed by atoms with E-state index in [-0.39, 0.29) is 35.1 Å². The van der Waals surface area contributed by atoms with Crippen LogP contribution in [0.2, 0.25) is 0 Å². The lowest BCUT2D eigenvalue weighted by atomic mass is 9.78. The maximum atomic E-state index is 11.3. The molecule has 0 aromatic heterocycles. The third-order valence-corrected chi connectivity index (χ3v) is 5.34. The Balaban J connectivity index is 2.88. The summed E-state index contributed by atoms with van der Waals surface area (Å²) in [5.74, 6) is 0.460. The van der Waals surface area contributed by atoms with E-state index in [0.717, 1.165) is 28.0 Å². The molecule has 0 bridgehead atoms. The number of aromatic hydroxyl groups is 1. The van der Waals surface area contributed by atoms with E-state index >= 15 is 0 Å². The van der Waals surface area contributed by atoms with Crippen molar-refractivity contribution in [3.05, 3.63) is 64.7 Å². The third-order valence-electron chi connectivity index (χ3n) is 5.34. The van der Waals surface area contributed by atoms with Gasteiger partial charge in [0.2, 0.25) is 0 Å². The van der Waals surface area contributed by atoms with Gasteiger partial charge in [-0.1, -0.05) is 91.8 Å². The highest BCUT2D eigenvalue weighted by molar-refractivity contribution is 6.15. The monoisotopic (exact) mass is 395 g/mol. The Morgan fingerprint density at radius 1 is 0.931 bits per heavy atom. The van der Waals surface area contributed by atoms with E-state index in [1.807, 2.05) is 30.3 Å². The Morgan fingerprint density at radius 3 is 1.97 bits per heavy atom. The summed E-state index contributed by atoms with van der Waals surface area (Å²) in [4.78, 5) is 4.95. The first-order valence-corrected chi connectivity index (χ1v) is 10.5. The molecule has 0 amide bonds. The minimum Gasteiger partial charge on any atom is -0.507 e. The number of benzene rings is 2. The van der Waals surface area contributed by atoms with Crippen molar-refractivity contribution in [1.82, 2.24) is 0 Å². The van der Waals surface area contributed by atoms with E-state index in [2.05, 4.69) is 67.5 Å². The van der Waals surface area contributed by atoms with Gasteiger partial charge in [0.15, 0.2) is 0 Å². The summed E-state index contributed by atoms with van der Waals surface area (Å²) in [7, 11) is 0. The Morgan fingerprint density at radius 2 is 1.52 bits per heavy atom. The normalized spacial score (nSPS) is 14.3. The van der Waals surface area contributed by atoms with Crippen molar-refractivity contribution < 1.29 is 10.2 Å². The zero-order valence-electron chi connectivity index (χ0n) is 19.2. The summed E-state index contributed by atoms with van der Waals surface area (Å²) in [6.07, 6.45) is 0. The minimum atomic E-state index is -0.235. The summed E-state index contributed by atoms with van der Waals surface area (Å²) in [6.45, 7) is 17.0. The molecule has 2 aromatic carbocycles. The first-order valence-electron chi connectivity index (χ1n) is 10.5. The smallest absolute Gasteiger partial charge is 0.128 e. The van der Waals surface area contributed by atoms with E-state index in [1.165, 1.54) is 0 Å². The Hall–Kier alpha value is -2.13. The van der Waals surface area contributed by atoms with Crippen LogP contribution >= 0.6 is 0 Å². The number of hydrogen-bond donors (Lipinski definition) is 2. The Labute approximate surface area is 176 Å². The maximum Gasteiger partial charge on any atom is 0.128 e. The summed E-state index contributed by atoms with van der Waals surface area (Å²) in [5.41, 5.74) is 4.18. The number of hydrogen-bond acceptors (Lipinski definition) is 3. The van der Waals surface area contributed by atoms with Gasteiger partial charge in [0, 0.05) is 16.7 Å². The lowest BCUT2D eigenvalue weighted by Crippen LogP contribution is -2.22. The molecule has 0 aliphatic carbocycles. The van der Waals surface area contributed by atoms with Crippen molar-refractivity contribution >= 4 is 5.71 Å². The topological polar surface area (TPSA) is 52.8 Å². The zero-order chi connectivity index (χ0) is 22.0. The number of aliphatic hydroxyl groups excluding tert-OH is 1. The zero-order valence-corrected chi connectivity index (χ0v) is 19.2. The highest BCUT2D eigenvalue weighted by atomic mass is 16.3.